The summed E-state index contributed by atoms with van der Waals surface area (Å²) in [6, 6.07) is 11.0. The number of halogens is 3. The standard InChI is InChI=1S/C24H25F3N2O2S/c1-14(2)29-11-9-15(10-12-29)21-19-13-17(5-8-20(19)32-23(21)28)22(30)16-3-6-18(7-4-16)31-24(25,26)27/h3-8,13-15H,9-12,28H2,1-2H3. The fraction of sp³-hybridized carbons (Fsp3) is 0.375. The molecule has 4 rings (SSSR count). The monoisotopic (exact) mass is 462 g/mol. The van der Waals surface area contributed by atoms with E-state index >= 15 is 0 Å². The quantitative estimate of drug-likeness (QED) is 0.459. The van der Waals surface area contributed by atoms with Gasteiger partial charge in [-0.3, -0.25) is 4.79 Å². The maximum atomic E-state index is 13.0. The number of thiophene rings is 1. The molecule has 1 aliphatic rings. The van der Waals surface area contributed by atoms with Crippen LogP contribution in [0.25, 0.3) is 10.1 Å². The number of carbonyl (C=O) groups excluding carboxylic acids is 1. The molecule has 0 amide bonds. The van der Waals surface area contributed by atoms with E-state index in [2.05, 4.69) is 23.5 Å². The molecule has 0 radical (unpaired) electrons. The number of anilines is 1. The molecule has 170 valence electrons. The van der Waals surface area contributed by atoms with E-state index in [9.17, 15) is 18.0 Å². The lowest BCUT2D eigenvalue weighted by atomic mass is 9.87. The predicted octanol–water partition coefficient (Wildman–Crippen LogP) is 6.20. The highest BCUT2D eigenvalue weighted by atomic mass is 32.1. The van der Waals surface area contributed by atoms with Gasteiger partial charge in [0, 0.05) is 21.9 Å². The third-order valence-electron chi connectivity index (χ3n) is 6.04. The average Bonchev–Trinajstić information content (AvgIpc) is 3.07. The van der Waals surface area contributed by atoms with E-state index in [1.165, 1.54) is 23.5 Å². The Balaban J connectivity index is 1.59. The van der Waals surface area contributed by atoms with Crippen molar-refractivity contribution >= 4 is 32.2 Å². The first-order valence-electron chi connectivity index (χ1n) is 10.6. The van der Waals surface area contributed by atoms with Crippen LogP contribution in [0.15, 0.2) is 42.5 Å². The summed E-state index contributed by atoms with van der Waals surface area (Å²) >= 11 is 1.53. The number of nitrogen functional groups attached to an aromatic ring is 1. The number of ether oxygens (including phenoxy) is 1. The number of carbonyl (C=O) groups is 1. The second-order valence-corrected chi connectivity index (χ2v) is 9.48. The maximum absolute atomic E-state index is 13.0. The molecule has 0 unspecified atom stereocenters. The van der Waals surface area contributed by atoms with Crippen LogP contribution in [0.2, 0.25) is 0 Å². The number of ketones is 1. The molecular weight excluding hydrogens is 437 g/mol. The lowest BCUT2D eigenvalue weighted by molar-refractivity contribution is -0.274. The van der Waals surface area contributed by atoms with Crippen LogP contribution >= 0.6 is 11.3 Å². The van der Waals surface area contributed by atoms with Gasteiger partial charge >= 0.3 is 6.36 Å². The second-order valence-electron chi connectivity index (χ2n) is 8.40. The third kappa shape index (κ3) is 4.76. The fourth-order valence-electron chi connectivity index (χ4n) is 4.38. The molecule has 2 aromatic carbocycles. The second kappa shape index (κ2) is 8.75. The lowest BCUT2D eigenvalue weighted by Crippen LogP contribution is -2.37. The van der Waals surface area contributed by atoms with Crippen molar-refractivity contribution in [3.8, 4) is 5.75 Å². The van der Waals surface area contributed by atoms with Gasteiger partial charge in [-0.15, -0.1) is 24.5 Å². The Morgan fingerprint density at radius 1 is 1.09 bits per heavy atom. The Morgan fingerprint density at radius 2 is 1.72 bits per heavy atom. The summed E-state index contributed by atoms with van der Waals surface area (Å²) < 4.78 is 42.0. The van der Waals surface area contributed by atoms with E-state index < -0.39 is 6.36 Å². The molecule has 1 fully saturated rings. The fourth-order valence-corrected chi connectivity index (χ4v) is 5.42. The summed E-state index contributed by atoms with van der Waals surface area (Å²) in [5, 5.41) is 1.79. The summed E-state index contributed by atoms with van der Waals surface area (Å²) in [6.07, 6.45) is -2.72. The molecule has 0 bridgehead atoms. The first-order valence-corrected chi connectivity index (χ1v) is 11.4. The number of hydrogen-bond donors (Lipinski definition) is 1. The zero-order chi connectivity index (χ0) is 23.0. The molecule has 0 spiro atoms. The number of rotatable bonds is 5. The van der Waals surface area contributed by atoms with E-state index in [4.69, 9.17) is 5.73 Å². The minimum absolute atomic E-state index is 0.254. The molecule has 32 heavy (non-hydrogen) atoms. The highest BCUT2D eigenvalue weighted by Crippen LogP contribution is 2.43. The van der Waals surface area contributed by atoms with Gasteiger partial charge in [-0.2, -0.15) is 0 Å². The summed E-state index contributed by atoms with van der Waals surface area (Å²) in [5.41, 5.74) is 8.31. The number of piperidine rings is 1. The molecule has 2 heterocycles. The van der Waals surface area contributed by atoms with Crippen molar-refractivity contribution < 1.29 is 22.7 Å². The summed E-state index contributed by atoms with van der Waals surface area (Å²) in [4.78, 5) is 15.5. The first-order chi connectivity index (χ1) is 15.1. The summed E-state index contributed by atoms with van der Waals surface area (Å²) in [5.74, 6) is -0.260. The van der Waals surface area contributed by atoms with E-state index in [-0.39, 0.29) is 11.5 Å². The molecule has 0 aliphatic carbocycles. The third-order valence-corrected chi connectivity index (χ3v) is 7.05. The number of fused-ring (bicyclic) bond motifs is 1. The molecule has 4 nitrogen and oxygen atoms in total. The minimum Gasteiger partial charge on any atom is -0.406 e. The topological polar surface area (TPSA) is 55.6 Å². The number of nitrogens with zero attached hydrogens (tertiary/aromatic N) is 1. The highest BCUT2D eigenvalue weighted by molar-refractivity contribution is 7.22. The molecule has 8 heteroatoms. The van der Waals surface area contributed by atoms with Gasteiger partial charge in [-0.25, -0.2) is 0 Å². The van der Waals surface area contributed by atoms with Gasteiger partial charge < -0.3 is 15.4 Å². The van der Waals surface area contributed by atoms with Gasteiger partial charge in [0.2, 0.25) is 0 Å². The first kappa shape index (κ1) is 22.6. The maximum Gasteiger partial charge on any atom is 0.573 e. The lowest BCUT2D eigenvalue weighted by Gasteiger charge is -2.34. The number of nitrogens with two attached hydrogens (primary N) is 1. The Kier molecular flexibility index (Phi) is 6.18. The molecule has 1 saturated heterocycles. The van der Waals surface area contributed by atoms with E-state index in [1.54, 1.807) is 6.07 Å². The molecule has 0 atom stereocenters. The van der Waals surface area contributed by atoms with Crippen LogP contribution in [0.3, 0.4) is 0 Å². The molecule has 1 aromatic heterocycles. The number of benzene rings is 2. The highest BCUT2D eigenvalue weighted by Gasteiger charge is 2.31. The molecule has 1 aliphatic heterocycles. The Hall–Kier alpha value is -2.58. The van der Waals surface area contributed by atoms with Gasteiger partial charge in [0.15, 0.2) is 5.78 Å². The Bertz CT molecular complexity index is 1110. The Labute approximate surface area is 188 Å². The number of hydrogen-bond acceptors (Lipinski definition) is 5. The normalized spacial score (nSPS) is 16.1. The summed E-state index contributed by atoms with van der Waals surface area (Å²) in [7, 11) is 0. The van der Waals surface area contributed by atoms with E-state index in [0.717, 1.165) is 58.7 Å². The van der Waals surface area contributed by atoms with Crippen molar-refractivity contribution in [2.45, 2.75) is 45.0 Å². The van der Waals surface area contributed by atoms with Crippen molar-refractivity contribution in [2.75, 3.05) is 18.8 Å². The van der Waals surface area contributed by atoms with Crippen LogP contribution < -0.4 is 10.5 Å². The predicted molar refractivity (Wildman–Crippen MR) is 121 cm³/mol. The van der Waals surface area contributed by atoms with Crippen molar-refractivity contribution in [1.29, 1.82) is 0 Å². The van der Waals surface area contributed by atoms with Crippen molar-refractivity contribution in [1.82, 2.24) is 4.90 Å². The van der Waals surface area contributed by atoms with Gasteiger partial charge in [0.05, 0.1) is 5.00 Å². The Morgan fingerprint density at radius 3 is 2.31 bits per heavy atom. The van der Waals surface area contributed by atoms with E-state index in [1.807, 2.05) is 12.1 Å². The number of alkyl halides is 3. The minimum atomic E-state index is -4.77. The largest absolute Gasteiger partial charge is 0.573 e. The molecular formula is C24H25F3N2O2S. The SMILES string of the molecule is CC(C)N1CCC(c2c(N)sc3ccc(C(=O)c4ccc(OC(F)(F)F)cc4)cc23)CC1. The van der Waals surface area contributed by atoms with Crippen molar-refractivity contribution in [3.05, 3.63) is 59.2 Å². The molecule has 2 N–H and O–H groups in total. The van der Waals surface area contributed by atoms with Crippen LogP contribution in [0.1, 0.15) is 54.1 Å². The smallest absolute Gasteiger partial charge is 0.406 e. The van der Waals surface area contributed by atoms with Gasteiger partial charge in [0.1, 0.15) is 5.75 Å². The van der Waals surface area contributed by atoms with Crippen LogP contribution in [-0.4, -0.2) is 36.2 Å². The number of likely N-dealkylation sites (tertiary alicyclic amines) is 1. The van der Waals surface area contributed by atoms with Crippen LogP contribution in [0.5, 0.6) is 5.75 Å². The van der Waals surface area contributed by atoms with Crippen molar-refractivity contribution in [2.24, 2.45) is 0 Å². The van der Waals surface area contributed by atoms with Crippen LogP contribution in [0, 0.1) is 0 Å². The van der Waals surface area contributed by atoms with E-state index in [0.29, 0.717) is 23.1 Å². The zero-order valence-corrected chi connectivity index (χ0v) is 18.7. The van der Waals surface area contributed by atoms with Crippen LogP contribution in [0.4, 0.5) is 18.2 Å². The van der Waals surface area contributed by atoms with Crippen LogP contribution in [-0.2, 0) is 0 Å². The van der Waals surface area contributed by atoms with Gasteiger partial charge in [0.25, 0.3) is 0 Å². The van der Waals surface area contributed by atoms with Gasteiger partial charge in [-0.05, 0) is 99.1 Å². The zero-order valence-electron chi connectivity index (χ0n) is 17.9. The average molecular weight is 463 g/mol. The van der Waals surface area contributed by atoms with Crippen molar-refractivity contribution in [3.63, 3.8) is 0 Å². The molecule has 3 aromatic rings. The van der Waals surface area contributed by atoms with Gasteiger partial charge in [-0.1, -0.05) is 0 Å². The summed E-state index contributed by atoms with van der Waals surface area (Å²) in [6.45, 7) is 6.44. The molecule has 0 saturated carbocycles.